The first kappa shape index (κ1) is 13.5. The maximum atomic E-state index is 12.7. The second-order valence-corrected chi connectivity index (χ2v) is 4.62. The van der Waals surface area contributed by atoms with Crippen LogP contribution in [0.3, 0.4) is 0 Å². The van der Waals surface area contributed by atoms with E-state index in [0.29, 0.717) is 12.2 Å². The van der Waals surface area contributed by atoms with Crippen LogP contribution in [0.15, 0.2) is 24.3 Å². The van der Waals surface area contributed by atoms with Gasteiger partial charge in [0.1, 0.15) is 0 Å². The second kappa shape index (κ2) is 5.00. The molecule has 3 nitrogen and oxygen atoms in total. The van der Waals surface area contributed by atoms with Gasteiger partial charge in [0.25, 0.3) is 0 Å². The number of nitriles is 1. The third kappa shape index (κ3) is 2.75. The molecule has 1 aromatic carbocycles. The van der Waals surface area contributed by atoms with Crippen LogP contribution in [0.2, 0.25) is 0 Å². The molecule has 0 saturated heterocycles. The van der Waals surface area contributed by atoms with E-state index in [-0.39, 0.29) is 12.6 Å². The Balaban J connectivity index is 2.27. The van der Waals surface area contributed by atoms with Crippen molar-refractivity contribution in [1.82, 2.24) is 0 Å². The Morgan fingerprint density at radius 2 is 2.16 bits per heavy atom. The molecule has 2 unspecified atom stereocenters. The summed E-state index contributed by atoms with van der Waals surface area (Å²) in [5.74, 6) is -1.97. The van der Waals surface area contributed by atoms with E-state index in [1.807, 2.05) is 19.1 Å². The van der Waals surface area contributed by atoms with Gasteiger partial charge in [-0.3, -0.25) is 0 Å². The molecule has 6 heteroatoms. The SMILES string of the molecule is CC1CNc2ccccc2N1CC(C#N)C(F)(F)F. The number of fused-ring (bicyclic) bond motifs is 1. The first-order valence-electron chi connectivity index (χ1n) is 5.99. The predicted molar refractivity (Wildman–Crippen MR) is 66.9 cm³/mol. The Kier molecular flexibility index (Phi) is 3.56. The number of hydrogen-bond acceptors (Lipinski definition) is 3. The minimum Gasteiger partial charge on any atom is -0.381 e. The number of alkyl halides is 3. The average molecular weight is 269 g/mol. The summed E-state index contributed by atoms with van der Waals surface area (Å²) < 4.78 is 38.1. The Morgan fingerprint density at radius 1 is 1.47 bits per heavy atom. The maximum absolute atomic E-state index is 12.7. The van der Waals surface area contributed by atoms with Crippen molar-refractivity contribution in [3.63, 3.8) is 0 Å². The molecule has 1 aliphatic heterocycles. The number of hydrogen-bond donors (Lipinski definition) is 1. The molecule has 0 radical (unpaired) electrons. The van der Waals surface area contributed by atoms with Crippen LogP contribution in [0, 0.1) is 17.2 Å². The van der Waals surface area contributed by atoms with Gasteiger partial charge < -0.3 is 10.2 Å². The molecule has 0 spiro atoms. The molecule has 0 amide bonds. The third-order valence-electron chi connectivity index (χ3n) is 3.26. The number of anilines is 2. The molecular formula is C13H14F3N3. The van der Waals surface area contributed by atoms with Gasteiger partial charge in [0, 0.05) is 19.1 Å². The predicted octanol–water partition coefficient (Wildman–Crippen LogP) is 3.01. The lowest BCUT2D eigenvalue weighted by Crippen LogP contribution is -2.46. The van der Waals surface area contributed by atoms with Gasteiger partial charge in [0.05, 0.1) is 17.4 Å². The van der Waals surface area contributed by atoms with Gasteiger partial charge in [-0.15, -0.1) is 0 Å². The van der Waals surface area contributed by atoms with E-state index in [1.54, 1.807) is 17.0 Å². The highest BCUT2D eigenvalue weighted by molar-refractivity contribution is 5.72. The van der Waals surface area contributed by atoms with Gasteiger partial charge in [-0.25, -0.2) is 0 Å². The van der Waals surface area contributed by atoms with E-state index in [0.717, 1.165) is 5.69 Å². The normalized spacial score (nSPS) is 20.2. The number of nitrogens with zero attached hydrogens (tertiary/aromatic N) is 2. The molecule has 0 aromatic heterocycles. The van der Waals surface area contributed by atoms with Crippen molar-refractivity contribution < 1.29 is 13.2 Å². The van der Waals surface area contributed by atoms with Crippen molar-refractivity contribution in [3.05, 3.63) is 24.3 Å². The number of rotatable bonds is 2. The lowest BCUT2D eigenvalue weighted by molar-refractivity contribution is -0.156. The molecule has 1 heterocycles. The third-order valence-corrected chi connectivity index (χ3v) is 3.26. The minimum atomic E-state index is -4.49. The van der Waals surface area contributed by atoms with E-state index in [4.69, 9.17) is 5.26 Å². The zero-order valence-corrected chi connectivity index (χ0v) is 10.4. The highest BCUT2D eigenvalue weighted by Crippen LogP contribution is 2.34. The van der Waals surface area contributed by atoms with Crippen molar-refractivity contribution in [2.75, 3.05) is 23.3 Å². The van der Waals surface area contributed by atoms with Crippen LogP contribution in [0.4, 0.5) is 24.5 Å². The molecule has 19 heavy (non-hydrogen) atoms. The van der Waals surface area contributed by atoms with Crippen LogP contribution in [0.25, 0.3) is 0 Å². The lowest BCUT2D eigenvalue weighted by Gasteiger charge is -2.38. The van der Waals surface area contributed by atoms with Crippen molar-refractivity contribution in [2.45, 2.75) is 19.1 Å². The Labute approximate surface area is 109 Å². The molecule has 2 rings (SSSR count). The van der Waals surface area contributed by atoms with Crippen molar-refractivity contribution in [3.8, 4) is 6.07 Å². The molecule has 0 aliphatic carbocycles. The molecule has 1 aromatic rings. The summed E-state index contributed by atoms with van der Waals surface area (Å²) in [6.07, 6.45) is -4.49. The van der Waals surface area contributed by atoms with Gasteiger partial charge in [-0.1, -0.05) is 12.1 Å². The Morgan fingerprint density at radius 3 is 2.79 bits per heavy atom. The van der Waals surface area contributed by atoms with Crippen LogP contribution < -0.4 is 10.2 Å². The van der Waals surface area contributed by atoms with E-state index in [9.17, 15) is 13.2 Å². The van der Waals surface area contributed by atoms with Gasteiger partial charge in [0.2, 0.25) is 0 Å². The largest absolute Gasteiger partial charge is 0.406 e. The summed E-state index contributed by atoms with van der Waals surface area (Å²) in [7, 11) is 0. The highest BCUT2D eigenvalue weighted by Gasteiger charge is 2.42. The fourth-order valence-electron chi connectivity index (χ4n) is 2.17. The smallest absolute Gasteiger partial charge is 0.381 e. The number of nitrogens with one attached hydrogen (secondary N) is 1. The summed E-state index contributed by atoms with van der Waals surface area (Å²) >= 11 is 0. The van der Waals surface area contributed by atoms with Crippen LogP contribution in [-0.2, 0) is 0 Å². The van der Waals surface area contributed by atoms with Crippen LogP contribution in [-0.4, -0.2) is 25.3 Å². The molecule has 2 atom stereocenters. The molecule has 0 saturated carbocycles. The summed E-state index contributed by atoms with van der Waals surface area (Å²) in [4.78, 5) is 1.65. The van der Waals surface area contributed by atoms with Crippen LogP contribution >= 0.6 is 0 Å². The van der Waals surface area contributed by atoms with E-state index in [2.05, 4.69) is 5.32 Å². The molecule has 102 valence electrons. The zero-order valence-electron chi connectivity index (χ0n) is 10.4. The van der Waals surface area contributed by atoms with Crippen molar-refractivity contribution in [2.24, 2.45) is 5.92 Å². The lowest BCUT2D eigenvalue weighted by atomic mass is 10.1. The number of benzene rings is 1. The minimum absolute atomic E-state index is 0.0897. The summed E-state index contributed by atoms with van der Waals surface area (Å²) in [6, 6.07) is 8.46. The summed E-state index contributed by atoms with van der Waals surface area (Å²) in [5.41, 5.74) is 1.52. The van der Waals surface area contributed by atoms with E-state index >= 15 is 0 Å². The van der Waals surface area contributed by atoms with Crippen LogP contribution in [0.5, 0.6) is 0 Å². The highest BCUT2D eigenvalue weighted by atomic mass is 19.4. The molecule has 1 aliphatic rings. The standard InChI is InChI=1S/C13H14F3N3/c1-9-7-18-11-4-2-3-5-12(11)19(9)8-10(6-17)13(14,15)16/h2-5,9-10,18H,7-8H2,1H3. The quantitative estimate of drug-likeness (QED) is 0.897. The van der Waals surface area contributed by atoms with E-state index < -0.39 is 12.1 Å². The maximum Gasteiger partial charge on any atom is 0.406 e. The first-order chi connectivity index (χ1) is 8.93. The van der Waals surface area contributed by atoms with Crippen molar-refractivity contribution in [1.29, 1.82) is 5.26 Å². The van der Waals surface area contributed by atoms with Gasteiger partial charge >= 0.3 is 6.18 Å². The monoisotopic (exact) mass is 269 g/mol. The fraction of sp³-hybridized carbons (Fsp3) is 0.462. The number of para-hydroxylation sites is 2. The topological polar surface area (TPSA) is 39.1 Å². The molecular weight excluding hydrogens is 255 g/mol. The van der Waals surface area contributed by atoms with Crippen molar-refractivity contribution >= 4 is 11.4 Å². The van der Waals surface area contributed by atoms with Crippen LogP contribution in [0.1, 0.15) is 6.92 Å². The summed E-state index contributed by atoms with van der Waals surface area (Å²) in [6.45, 7) is 2.07. The average Bonchev–Trinajstić information content (AvgIpc) is 2.36. The Bertz CT molecular complexity index is 493. The molecule has 0 fully saturated rings. The summed E-state index contributed by atoms with van der Waals surface area (Å²) in [5, 5.41) is 11.9. The fourth-order valence-corrected chi connectivity index (χ4v) is 2.17. The molecule has 1 N–H and O–H groups in total. The van der Waals surface area contributed by atoms with E-state index in [1.165, 1.54) is 6.07 Å². The first-order valence-corrected chi connectivity index (χ1v) is 5.99. The number of halogens is 3. The second-order valence-electron chi connectivity index (χ2n) is 4.62. The Hall–Kier alpha value is -1.90. The zero-order chi connectivity index (χ0) is 14.0. The van der Waals surface area contributed by atoms with Gasteiger partial charge in [-0.2, -0.15) is 18.4 Å². The van der Waals surface area contributed by atoms with Gasteiger partial charge in [-0.05, 0) is 19.1 Å². The molecule has 0 bridgehead atoms. The van der Waals surface area contributed by atoms with Gasteiger partial charge in [0.15, 0.2) is 5.92 Å².